The predicted molar refractivity (Wildman–Crippen MR) is 84.0 cm³/mol. The van der Waals surface area contributed by atoms with Crippen molar-refractivity contribution in [1.29, 1.82) is 0 Å². The number of nitrogens with zero attached hydrogens (tertiary/aromatic N) is 2. The standard InChI is InChI=1S/C16H25N3O/c1-4-20-14-10-7-9-13-15(14)18-16(17)19(13)11-6-5-8-12(2)3/h7,9-10,12H,4-6,8,11H2,1-3H3,(H2,17,18). The molecule has 0 fully saturated rings. The normalized spacial score (nSPS) is 11.4. The van der Waals surface area contributed by atoms with Crippen LogP contribution in [0.5, 0.6) is 5.75 Å². The van der Waals surface area contributed by atoms with E-state index in [1.807, 2.05) is 19.1 Å². The van der Waals surface area contributed by atoms with Crippen LogP contribution in [0.2, 0.25) is 0 Å². The van der Waals surface area contributed by atoms with Crippen molar-refractivity contribution in [2.24, 2.45) is 5.92 Å². The zero-order valence-corrected chi connectivity index (χ0v) is 12.7. The Morgan fingerprint density at radius 3 is 2.80 bits per heavy atom. The molecule has 4 heteroatoms. The molecular formula is C16H25N3O. The molecule has 0 aliphatic rings. The van der Waals surface area contributed by atoms with Crippen LogP contribution in [0.1, 0.15) is 40.0 Å². The van der Waals surface area contributed by atoms with E-state index < -0.39 is 0 Å². The number of unbranched alkanes of at least 4 members (excludes halogenated alkanes) is 1. The van der Waals surface area contributed by atoms with Gasteiger partial charge in [0.25, 0.3) is 0 Å². The molecule has 20 heavy (non-hydrogen) atoms. The smallest absolute Gasteiger partial charge is 0.201 e. The molecule has 1 heterocycles. The van der Waals surface area contributed by atoms with Gasteiger partial charge in [0.1, 0.15) is 11.3 Å². The van der Waals surface area contributed by atoms with Gasteiger partial charge in [-0.15, -0.1) is 0 Å². The Morgan fingerprint density at radius 2 is 2.10 bits per heavy atom. The summed E-state index contributed by atoms with van der Waals surface area (Å²) < 4.78 is 7.71. The fourth-order valence-corrected chi connectivity index (χ4v) is 2.47. The van der Waals surface area contributed by atoms with Gasteiger partial charge in [-0.05, 0) is 31.4 Å². The summed E-state index contributed by atoms with van der Waals surface area (Å²) in [5.41, 5.74) is 8.00. The van der Waals surface area contributed by atoms with Gasteiger partial charge in [-0.2, -0.15) is 0 Å². The molecule has 2 N–H and O–H groups in total. The molecule has 2 aromatic rings. The molecular weight excluding hydrogens is 250 g/mol. The summed E-state index contributed by atoms with van der Waals surface area (Å²) in [4.78, 5) is 4.46. The average Bonchev–Trinajstić information content (AvgIpc) is 2.72. The van der Waals surface area contributed by atoms with Crippen LogP contribution in [-0.2, 0) is 6.54 Å². The van der Waals surface area contributed by atoms with Crippen LogP contribution in [0.4, 0.5) is 5.95 Å². The lowest BCUT2D eigenvalue weighted by molar-refractivity contribution is 0.343. The maximum Gasteiger partial charge on any atom is 0.201 e. The van der Waals surface area contributed by atoms with Crippen molar-refractivity contribution in [1.82, 2.24) is 9.55 Å². The van der Waals surface area contributed by atoms with E-state index in [4.69, 9.17) is 10.5 Å². The highest BCUT2D eigenvalue weighted by molar-refractivity contribution is 5.84. The van der Waals surface area contributed by atoms with Crippen LogP contribution in [-0.4, -0.2) is 16.2 Å². The summed E-state index contributed by atoms with van der Waals surface area (Å²) in [5, 5.41) is 0. The van der Waals surface area contributed by atoms with E-state index >= 15 is 0 Å². The van der Waals surface area contributed by atoms with Crippen LogP contribution in [0.25, 0.3) is 11.0 Å². The van der Waals surface area contributed by atoms with Crippen LogP contribution < -0.4 is 10.5 Å². The highest BCUT2D eigenvalue weighted by Gasteiger charge is 2.11. The lowest BCUT2D eigenvalue weighted by atomic mass is 10.1. The zero-order chi connectivity index (χ0) is 14.5. The van der Waals surface area contributed by atoms with E-state index in [9.17, 15) is 0 Å². The van der Waals surface area contributed by atoms with Crippen molar-refractivity contribution in [3.05, 3.63) is 18.2 Å². The molecule has 0 radical (unpaired) electrons. The highest BCUT2D eigenvalue weighted by atomic mass is 16.5. The fourth-order valence-electron chi connectivity index (χ4n) is 2.47. The van der Waals surface area contributed by atoms with E-state index in [1.54, 1.807) is 0 Å². The number of benzene rings is 1. The van der Waals surface area contributed by atoms with Crippen molar-refractivity contribution in [3.63, 3.8) is 0 Å². The van der Waals surface area contributed by atoms with Crippen LogP contribution in [0.15, 0.2) is 18.2 Å². The second-order valence-corrected chi connectivity index (χ2v) is 5.57. The van der Waals surface area contributed by atoms with Gasteiger partial charge in [0, 0.05) is 6.54 Å². The van der Waals surface area contributed by atoms with E-state index in [-0.39, 0.29) is 0 Å². The summed E-state index contributed by atoms with van der Waals surface area (Å²) in [6.07, 6.45) is 3.62. The van der Waals surface area contributed by atoms with Crippen molar-refractivity contribution < 1.29 is 4.74 Å². The van der Waals surface area contributed by atoms with Gasteiger partial charge >= 0.3 is 0 Å². The first-order valence-electron chi connectivity index (χ1n) is 7.51. The van der Waals surface area contributed by atoms with Gasteiger partial charge in [-0.25, -0.2) is 4.98 Å². The first-order chi connectivity index (χ1) is 9.63. The summed E-state index contributed by atoms with van der Waals surface area (Å²) in [6.45, 7) is 8.06. The number of rotatable bonds is 7. The molecule has 0 atom stereocenters. The highest BCUT2D eigenvalue weighted by Crippen LogP contribution is 2.27. The van der Waals surface area contributed by atoms with Crippen molar-refractivity contribution in [2.75, 3.05) is 12.3 Å². The Balaban J connectivity index is 2.16. The number of anilines is 1. The SMILES string of the molecule is CCOc1cccc2c1nc(N)n2CCCCC(C)C. The second kappa shape index (κ2) is 6.64. The summed E-state index contributed by atoms with van der Waals surface area (Å²) in [7, 11) is 0. The van der Waals surface area contributed by atoms with Gasteiger partial charge < -0.3 is 15.0 Å². The maximum absolute atomic E-state index is 6.06. The minimum atomic E-state index is 0.580. The number of ether oxygens (including phenoxy) is 1. The van der Waals surface area contributed by atoms with Crippen LogP contribution in [0, 0.1) is 5.92 Å². The minimum absolute atomic E-state index is 0.580. The molecule has 0 aliphatic heterocycles. The summed E-state index contributed by atoms with van der Waals surface area (Å²) >= 11 is 0. The van der Waals surface area contributed by atoms with Crippen LogP contribution >= 0.6 is 0 Å². The van der Waals surface area contributed by atoms with Crippen molar-refractivity contribution >= 4 is 17.0 Å². The Kier molecular flexibility index (Phi) is 4.88. The first-order valence-corrected chi connectivity index (χ1v) is 7.51. The monoisotopic (exact) mass is 275 g/mol. The van der Waals surface area contributed by atoms with Gasteiger partial charge in [0.2, 0.25) is 5.95 Å². The Bertz CT molecular complexity index is 560. The van der Waals surface area contributed by atoms with Crippen LogP contribution in [0.3, 0.4) is 0 Å². The number of nitrogen functional groups attached to an aromatic ring is 1. The molecule has 0 bridgehead atoms. The molecule has 0 saturated heterocycles. The summed E-state index contributed by atoms with van der Waals surface area (Å²) in [5.74, 6) is 2.16. The largest absolute Gasteiger partial charge is 0.492 e. The van der Waals surface area contributed by atoms with Gasteiger partial charge in [0.15, 0.2) is 0 Å². The molecule has 0 aliphatic carbocycles. The minimum Gasteiger partial charge on any atom is -0.492 e. The number of imidazole rings is 1. The molecule has 110 valence electrons. The molecule has 2 rings (SSSR count). The number of hydrogen-bond acceptors (Lipinski definition) is 3. The molecule has 0 unspecified atom stereocenters. The number of fused-ring (bicyclic) bond motifs is 1. The fraction of sp³-hybridized carbons (Fsp3) is 0.562. The number of aryl methyl sites for hydroxylation is 1. The molecule has 0 saturated carbocycles. The van der Waals surface area contributed by atoms with Gasteiger partial charge in [-0.1, -0.05) is 32.8 Å². The summed E-state index contributed by atoms with van der Waals surface area (Å²) in [6, 6.07) is 6.00. The van der Waals surface area contributed by atoms with Crippen molar-refractivity contribution in [3.8, 4) is 5.75 Å². The molecule has 0 spiro atoms. The van der Waals surface area contributed by atoms with Gasteiger partial charge in [0.05, 0.1) is 12.1 Å². The first kappa shape index (κ1) is 14.7. The van der Waals surface area contributed by atoms with E-state index in [0.717, 1.165) is 35.7 Å². The number of para-hydroxylation sites is 1. The lowest BCUT2D eigenvalue weighted by Crippen LogP contribution is -2.03. The van der Waals surface area contributed by atoms with E-state index in [2.05, 4.69) is 29.5 Å². The number of hydrogen-bond donors (Lipinski definition) is 1. The number of aromatic nitrogens is 2. The third-order valence-corrected chi connectivity index (χ3v) is 3.48. The predicted octanol–water partition coefficient (Wildman–Crippen LogP) is 3.84. The Morgan fingerprint density at radius 1 is 1.30 bits per heavy atom. The zero-order valence-electron chi connectivity index (χ0n) is 12.7. The third kappa shape index (κ3) is 3.24. The average molecular weight is 275 g/mol. The second-order valence-electron chi connectivity index (χ2n) is 5.57. The quantitative estimate of drug-likeness (QED) is 0.781. The molecule has 1 aromatic carbocycles. The maximum atomic E-state index is 6.06. The van der Waals surface area contributed by atoms with Gasteiger partial charge in [-0.3, -0.25) is 0 Å². The van der Waals surface area contributed by atoms with E-state index in [0.29, 0.717) is 12.6 Å². The van der Waals surface area contributed by atoms with Crippen molar-refractivity contribution in [2.45, 2.75) is 46.6 Å². The Hall–Kier alpha value is -1.71. The molecule has 0 amide bonds. The third-order valence-electron chi connectivity index (χ3n) is 3.48. The Labute approximate surface area is 120 Å². The van der Waals surface area contributed by atoms with E-state index in [1.165, 1.54) is 12.8 Å². The topological polar surface area (TPSA) is 53.1 Å². The number of nitrogens with two attached hydrogens (primary N) is 1. The molecule has 4 nitrogen and oxygen atoms in total. The lowest BCUT2D eigenvalue weighted by Gasteiger charge is -2.08. The molecule has 1 aromatic heterocycles.